The maximum absolute atomic E-state index is 9.21. The van der Waals surface area contributed by atoms with Gasteiger partial charge in [0, 0.05) is 130 Å². The molecule has 2 aliphatic rings. The molecule has 10 nitrogen and oxygen atoms in total. The molecule has 28 rings (SSSR count). The molecule has 12 heteroatoms. The Morgan fingerprint density at radius 1 is 0.243 bits per heavy atom. The normalized spacial score (nSPS) is 12.4. The number of pyridine rings is 2. The van der Waals surface area contributed by atoms with Crippen LogP contribution in [0.2, 0.25) is 0 Å². The van der Waals surface area contributed by atoms with Crippen LogP contribution < -0.4 is 14.5 Å². The number of rotatable bonds is 19. The molecule has 0 bridgehead atoms. The van der Waals surface area contributed by atoms with Crippen LogP contribution in [0.15, 0.2) is 563 Å². The van der Waals surface area contributed by atoms with Crippen molar-refractivity contribution in [1.29, 1.82) is 0 Å². The van der Waals surface area contributed by atoms with E-state index >= 15 is 0 Å². The molecule has 0 spiro atoms. The molecule has 0 unspecified atom stereocenters. The molecule has 699 valence electrons. The molecule has 6 aromatic heterocycles. The second-order valence-corrected chi connectivity index (χ2v) is 38.5. The molecule has 20 aromatic carbocycles. The van der Waals surface area contributed by atoms with Crippen LogP contribution in [-0.4, -0.2) is 40.9 Å². The highest BCUT2D eigenvalue weighted by molar-refractivity contribution is 9.10. The second kappa shape index (κ2) is 38.2. The zero-order valence-electron chi connectivity index (χ0n) is 80.5. The van der Waals surface area contributed by atoms with E-state index in [-0.39, 0.29) is 0 Å². The van der Waals surface area contributed by atoms with E-state index in [9.17, 15) is 5.02 Å². The number of para-hydroxylation sites is 4. The summed E-state index contributed by atoms with van der Waals surface area (Å²) in [5.74, 6) is 0.554. The largest absolute Gasteiger partial charge is 0.569 e. The first kappa shape index (κ1) is 89.4. The Labute approximate surface area is 867 Å². The van der Waals surface area contributed by atoms with Crippen molar-refractivity contribution in [3.63, 3.8) is 0 Å². The molecule has 0 saturated heterocycles. The maximum atomic E-state index is 9.21. The average molecular weight is 1960 g/mol. The maximum Gasteiger partial charge on any atom is 0.569 e. The Kier molecular flexibility index (Phi) is 23.1. The lowest BCUT2D eigenvalue weighted by atomic mass is 9.67. The van der Waals surface area contributed by atoms with Gasteiger partial charge in [-0.1, -0.05) is 337 Å². The fraction of sp³-hybridized carbons (Fsp3) is 0.0147. The molecule has 0 saturated carbocycles. The number of hydrogen-bond acceptors (Lipinski definition) is 6. The quantitative estimate of drug-likeness (QED) is 0.0813. The second-order valence-electron chi connectivity index (χ2n) is 37.5. The number of benzene rings is 20. The van der Waals surface area contributed by atoms with Gasteiger partial charge in [-0.3, -0.25) is 9.97 Å². The van der Waals surface area contributed by atoms with E-state index in [0.29, 0.717) is 13.4 Å². The van der Waals surface area contributed by atoms with Gasteiger partial charge in [-0.05, 0) is 290 Å². The number of halogens is 1. The minimum Gasteiger partial charge on any atom is -0.537 e. The highest BCUT2D eigenvalue weighted by atomic mass is 79.9. The average Bonchev–Trinajstić information content (AvgIpc) is 1.61. The van der Waals surface area contributed by atoms with E-state index < -0.39 is 10.8 Å². The van der Waals surface area contributed by atoms with Crippen molar-refractivity contribution >= 4 is 123 Å². The fourth-order valence-corrected chi connectivity index (χ4v) is 23.5. The van der Waals surface area contributed by atoms with E-state index in [0.717, 1.165) is 78.1 Å². The third-order valence-corrected chi connectivity index (χ3v) is 30.1. The highest BCUT2D eigenvalue weighted by Crippen LogP contribution is 2.60. The van der Waals surface area contributed by atoms with Gasteiger partial charge in [0.1, 0.15) is 5.75 Å². The molecule has 0 amide bonds. The van der Waals surface area contributed by atoms with E-state index in [1.807, 2.05) is 67.0 Å². The van der Waals surface area contributed by atoms with Crippen LogP contribution in [-0.2, 0) is 10.8 Å². The Morgan fingerprint density at radius 2 is 0.568 bits per heavy atom. The summed E-state index contributed by atoms with van der Waals surface area (Å²) in [6.45, 7) is 0. The summed E-state index contributed by atoms with van der Waals surface area (Å²) in [4.78, 5) is 13.9. The molecule has 0 aliphatic heterocycles. The molecule has 26 aromatic rings. The first-order valence-corrected chi connectivity index (χ1v) is 50.8. The van der Waals surface area contributed by atoms with E-state index in [4.69, 9.17) is 4.65 Å². The van der Waals surface area contributed by atoms with Gasteiger partial charge in [0.05, 0.1) is 55.3 Å². The lowest BCUT2D eigenvalue weighted by Crippen LogP contribution is -2.28. The Bertz CT molecular complexity index is 9290. The van der Waals surface area contributed by atoms with Crippen molar-refractivity contribution in [2.45, 2.75) is 10.8 Å². The van der Waals surface area contributed by atoms with Gasteiger partial charge < -0.3 is 37.7 Å². The summed E-state index contributed by atoms with van der Waals surface area (Å²) in [5, 5.41) is 16.7. The molecule has 2 aliphatic carbocycles. The fourth-order valence-electron chi connectivity index (χ4n) is 23.1. The van der Waals surface area contributed by atoms with Crippen LogP contribution in [0, 0.1) is 0 Å². The minimum absolute atomic E-state index is 0.506. The van der Waals surface area contributed by atoms with Crippen molar-refractivity contribution < 1.29 is 9.68 Å². The van der Waals surface area contributed by atoms with Gasteiger partial charge in [0.15, 0.2) is 0 Å². The number of fused-ring (bicyclic) bond motifs is 16. The third-order valence-electron chi connectivity index (χ3n) is 29.6. The van der Waals surface area contributed by atoms with Crippen LogP contribution in [0.3, 0.4) is 0 Å². The summed E-state index contributed by atoms with van der Waals surface area (Å²) in [7, 11) is 0.702. The molecule has 148 heavy (non-hydrogen) atoms. The van der Waals surface area contributed by atoms with Gasteiger partial charge in [-0.2, -0.15) is 0 Å². The van der Waals surface area contributed by atoms with Crippen LogP contribution in [0.1, 0.15) is 44.5 Å². The molecular formula is C136H93BBrN8O2. The number of nitrogens with zero attached hydrogens (tertiary/aromatic N) is 8. The lowest BCUT2D eigenvalue weighted by molar-refractivity contribution is 0.454. The van der Waals surface area contributed by atoms with Crippen molar-refractivity contribution in [2.75, 3.05) is 9.80 Å². The SMILES string of the molecule is Brc1ccc2c(c1)c1ccc3c(ccn3-c3ccccc3)c1n2-c1ccccc1.O[B]Oc1ccc(N(c2ccc(-c3ccccn3)cc2)c2ccc3c(c2)C(c2ccccc2)(c2ccccc2)c2ccccc2-3)cc1.c1ccc(-n2ccc3c2ccc2c4cc(-c5ccc(N(c6ccc(-c7ccccn7)cc6)c6ccc7c(c6)C(c6ccccc6)(c6ccccc6)c6ccccc6-7)cc5)ccc4n(-c4ccccc4)c23)cc1. The van der Waals surface area contributed by atoms with Crippen LogP contribution in [0.25, 0.3) is 144 Å². The Morgan fingerprint density at radius 3 is 0.959 bits per heavy atom. The molecule has 1 N–H and O–H groups in total. The summed E-state index contributed by atoms with van der Waals surface area (Å²) < 4.78 is 15.7. The van der Waals surface area contributed by atoms with Gasteiger partial charge >= 0.3 is 7.69 Å². The van der Waals surface area contributed by atoms with Crippen LogP contribution in [0.4, 0.5) is 34.1 Å². The number of anilines is 6. The number of hydrogen-bond donors (Lipinski definition) is 1. The topological polar surface area (TPSA) is 81.4 Å². The summed E-state index contributed by atoms with van der Waals surface area (Å²) >= 11 is 3.65. The summed E-state index contributed by atoms with van der Waals surface area (Å²) in [5.41, 5.74) is 38.4. The monoisotopic (exact) mass is 1960 g/mol. The molecule has 0 fully saturated rings. The lowest BCUT2D eigenvalue weighted by Gasteiger charge is -2.35. The van der Waals surface area contributed by atoms with Crippen LogP contribution >= 0.6 is 15.9 Å². The first-order valence-electron chi connectivity index (χ1n) is 50.0. The predicted octanol–water partition coefficient (Wildman–Crippen LogP) is 34.3. The first-order chi connectivity index (χ1) is 73.3. The zero-order valence-corrected chi connectivity index (χ0v) is 82.1. The van der Waals surface area contributed by atoms with Crippen molar-refractivity contribution in [3.05, 3.63) is 608 Å². The third kappa shape index (κ3) is 15.5. The molecule has 0 atom stereocenters. The van der Waals surface area contributed by atoms with E-state index in [2.05, 4.69) is 546 Å². The molecule has 1 radical (unpaired) electrons. The van der Waals surface area contributed by atoms with Gasteiger partial charge in [0.2, 0.25) is 0 Å². The van der Waals surface area contributed by atoms with E-state index in [1.165, 1.54) is 149 Å². The standard InChI is InChI=1S/C68H46N4.C42H30BN2O2.C26H17BrN2/c1-5-17-50(18-6-1)68(51-19-7-2-8-20-51)62-26-14-13-25-57(62)58-38-37-56(46-63(58)68)71(55-35-30-48(31-36-55)64-27-15-16-43-69-64)54-33-28-47(29-34-54)49-32-40-66-61(45-49)59-39-41-65-60(42-44-70(65)52-21-9-3-10-22-52)67(59)72(66)53-23-11-4-12-24-53;46-43-47-36-25-22-34(23-26-36)45(33-20-18-30(19-21-33)41-17-9-10-28-44-41)35-24-27-38-37-15-7-8-16-39(37)42(40(38)29-35,31-11-3-1-4-12-31)32-13-5-2-6-14-32;27-18-11-13-25-23(17-18)21-12-14-24-22(15-16-28(24)19-7-3-1-4-8-19)26(21)29(25)20-9-5-2-6-10-20/h1-46H;1-29,46H;1-17H. The summed E-state index contributed by atoms with van der Waals surface area (Å²) in [6.07, 6.45) is 8.04. The Hall–Kier alpha value is -18.7. The minimum atomic E-state index is -0.525. The zero-order chi connectivity index (χ0) is 98.6. The molecular weight excluding hydrogens is 1870 g/mol. The predicted molar refractivity (Wildman–Crippen MR) is 614 cm³/mol. The highest BCUT2D eigenvalue weighted by Gasteiger charge is 2.48. The van der Waals surface area contributed by atoms with Crippen molar-refractivity contribution in [1.82, 2.24) is 28.2 Å². The number of aromatic nitrogens is 6. The molecule has 6 heterocycles. The van der Waals surface area contributed by atoms with Crippen molar-refractivity contribution in [3.8, 4) is 84.4 Å². The van der Waals surface area contributed by atoms with Gasteiger partial charge in [-0.15, -0.1) is 0 Å². The van der Waals surface area contributed by atoms with Gasteiger partial charge in [-0.25, -0.2) is 0 Å². The van der Waals surface area contributed by atoms with Crippen molar-refractivity contribution in [2.24, 2.45) is 0 Å². The smallest absolute Gasteiger partial charge is 0.537 e. The van der Waals surface area contributed by atoms with Gasteiger partial charge in [0.25, 0.3) is 0 Å². The van der Waals surface area contributed by atoms with Crippen LogP contribution in [0.5, 0.6) is 5.75 Å². The Balaban J connectivity index is 0.000000124. The van der Waals surface area contributed by atoms with E-state index in [1.54, 1.807) is 0 Å². The summed E-state index contributed by atoms with van der Waals surface area (Å²) in [6, 6.07) is 191.